The van der Waals surface area contributed by atoms with Crippen LogP contribution in [-0.4, -0.2) is 34.7 Å². The maximum absolute atomic E-state index is 4.43. The Kier molecular flexibility index (Phi) is 2.39. The first kappa shape index (κ1) is 10.1. The number of rotatable bonds is 2. The van der Waals surface area contributed by atoms with Crippen molar-refractivity contribution in [2.45, 2.75) is 43.8 Å². The van der Waals surface area contributed by atoms with Gasteiger partial charge in [-0.05, 0) is 25.7 Å². The Morgan fingerprint density at radius 3 is 2.62 bits per heavy atom. The highest BCUT2D eigenvalue weighted by atomic mass is 15.3. The second-order valence-corrected chi connectivity index (χ2v) is 5.21. The molecule has 0 aromatic carbocycles. The van der Waals surface area contributed by atoms with Crippen molar-refractivity contribution in [3.05, 3.63) is 12.4 Å². The molecule has 0 aliphatic carbocycles. The first-order valence-corrected chi connectivity index (χ1v) is 6.20. The third-order valence-corrected chi connectivity index (χ3v) is 4.11. The van der Waals surface area contributed by atoms with Crippen molar-refractivity contribution in [2.75, 3.05) is 11.9 Å². The fourth-order valence-corrected chi connectivity index (χ4v) is 3.20. The van der Waals surface area contributed by atoms with Crippen molar-refractivity contribution in [2.24, 2.45) is 7.05 Å². The standard InChI is InChI=1S/C12H20N4/c1-15-6-5-13-12(15)16(2)11-7-9-3-4-10(8-11)14-9/h5-6,9-11,14H,3-4,7-8H2,1-2H3. The summed E-state index contributed by atoms with van der Waals surface area (Å²) in [6, 6.07) is 2.14. The zero-order valence-corrected chi connectivity index (χ0v) is 10.1. The molecule has 2 aliphatic rings. The number of hydrogen-bond acceptors (Lipinski definition) is 3. The van der Waals surface area contributed by atoms with Gasteiger partial charge in [0.2, 0.25) is 5.95 Å². The van der Waals surface area contributed by atoms with Gasteiger partial charge in [0.05, 0.1) is 0 Å². The van der Waals surface area contributed by atoms with Gasteiger partial charge in [0.15, 0.2) is 0 Å². The van der Waals surface area contributed by atoms with E-state index in [4.69, 9.17) is 0 Å². The zero-order valence-electron chi connectivity index (χ0n) is 10.1. The highest BCUT2D eigenvalue weighted by molar-refractivity contribution is 5.32. The van der Waals surface area contributed by atoms with Crippen LogP contribution in [-0.2, 0) is 7.05 Å². The molecule has 2 saturated heterocycles. The minimum atomic E-state index is 0.653. The lowest BCUT2D eigenvalue weighted by atomic mass is 9.99. The van der Waals surface area contributed by atoms with Crippen molar-refractivity contribution in [3.8, 4) is 0 Å². The molecule has 88 valence electrons. The molecular weight excluding hydrogens is 200 g/mol. The predicted octanol–water partition coefficient (Wildman–Crippen LogP) is 1.14. The number of piperidine rings is 1. The summed E-state index contributed by atoms with van der Waals surface area (Å²) in [5.41, 5.74) is 0. The summed E-state index contributed by atoms with van der Waals surface area (Å²) < 4.78 is 2.10. The quantitative estimate of drug-likeness (QED) is 0.811. The van der Waals surface area contributed by atoms with Crippen LogP contribution in [0.4, 0.5) is 5.95 Å². The maximum Gasteiger partial charge on any atom is 0.205 e. The van der Waals surface area contributed by atoms with E-state index in [0.717, 1.165) is 18.0 Å². The van der Waals surface area contributed by atoms with E-state index < -0.39 is 0 Å². The van der Waals surface area contributed by atoms with Crippen LogP contribution < -0.4 is 10.2 Å². The first-order valence-electron chi connectivity index (χ1n) is 6.20. The fourth-order valence-electron chi connectivity index (χ4n) is 3.20. The lowest BCUT2D eigenvalue weighted by molar-refractivity contribution is 0.352. The van der Waals surface area contributed by atoms with Crippen molar-refractivity contribution in [3.63, 3.8) is 0 Å². The molecule has 2 fully saturated rings. The van der Waals surface area contributed by atoms with E-state index in [9.17, 15) is 0 Å². The van der Waals surface area contributed by atoms with Gasteiger partial charge in [0.1, 0.15) is 0 Å². The molecule has 1 N–H and O–H groups in total. The number of fused-ring (bicyclic) bond motifs is 2. The van der Waals surface area contributed by atoms with Gasteiger partial charge in [-0.3, -0.25) is 0 Å². The third-order valence-electron chi connectivity index (χ3n) is 4.11. The first-order chi connectivity index (χ1) is 7.74. The largest absolute Gasteiger partial charge is 0.342 e. The van der Waals surface area contributed by atoms with Crippen LogP contribution in [0.15, 0.2) is 12.4 Å². The molecule has 4 nitrogen and oxygen atoms in total. The predicted molar refractivity (Wildman–Crippen MR) is 64.6 cm³/mol. The molecule has 0 amide bonds. The number of hydrogen-bond donors (Lipinski definition) is 1. The SMILES string of the molecule is CN(c1nccn1C)C1CC2CCC(C1)N2. The van der Waals surface area contributed by atoms with Crippen molar-refractivity contribution < 1.29 is 0 Å². The van der Waals surface area contributed by atoms with Gasteiger partial charge in [-0.15, -0.1) is 0 Å². The van der Waals surface area contributed by atoms with Crippen molar-refractivity contribution >= 4 is 5.95 Å². The molecule has 2 aliphatic heterocycles. The Hall–Kier alpha value is -1.03. The molecule has 2 atom stereocenters. The summed E-state index contributed by atoms with van der Waals surface area (Å²) in [5.74, 6) is 1.09. The van der Waals surface area contributed by atoms with Gasteiger partial charge in [-0.25, -0.2) is 4.98 Å². The van der Waals surface area contributed by atoms with E-state index in [0.29, 0.717) is 6.04 Å². The summed E-state index contributed by atoms with van der Waals surface area (Å²) in [4.78, 5) is 6.78. The maximum atomic E-state index is 4.43. The van der Waals surface area contributed by atoms with Crippen LogP contribution in [0.3, 0.4) is 0 Å². The van der Waals surface area contributed by atoms with Crippen LogP contribution in [0.1, 0.15) is 25.7 Å². The van der Waals surface area contributed by atoms with E-state index in [1.165, 1.54) is 25.7 Å². The van der Waals surface area contributed by atoms with Crippen LogP contribution in [0.2, 0.25) is 0 Å². The van der Waals surface area contributed by atoms with Crippen LogP contribution in [0.5, 0.6) is 0 Å². The lowest BCUT2D eigenvalue weighted by Gasteiger charge is -2.36. The van der Waals surface area contributed by atoms with E-state index in [1.54, 1.807) is 0 Å². The number of nitrogens with zero attached hydrogens (tertiary/aromatic N) is 3. The summed E-state index contributed by atoms with van der Waals surface area (Å²) in [7, 11) is 4.24. The molecule has 3 rings (SSSR count). The molecule has 3 heterocycles. The van der Waals surface area contributed by atoms with Crippen LogP contribution in [0, 0.1) is 0 Å². The van der Waals surface area contributed by atoms with Crippen molar-refractivity contribution in [1.29, 1.82) is 0 Å². The molecule has 1 aromatic rings. The number of aromatic nitrogens is 2. The third kappa shape index (κ3) is 1.61. The monoisotopic (exact) mass is 220 g/mol. The molecular formula is C12H20N4. The number of imidazole rings is 1. The molecule has 0 radical (unpaired) electrons. The topological polar surface area (TPSA) is 33.1 Å². The average Bonchev–Trinajstić information content (AvgIpc) is 2.84. The van der Waals surface area contributed by atoms with Crippen molar-refractivity contribution in [1.82, 2.24) is 14.9 Å². The lowest BCUT2D eigenvalue weighted by Crippen LogP contribution is -2.47. The van der Waals surface area contributed by atoms with Gasteiger partial charge in [-0.1, -0.05) is 0 Å². The van der Waals surface area contributed by atoms with E-state index >= 15 is 0 Å². The van der Waals surface area contributed by atoms with Crippen LogP contribution in [0.25, 0.3) is 0 Å². The second-order valence-electron chi connectivity index (χ2n) is 5.21. The molecule has 0 saturated carbocycles. The van der Waals surface area contributed by atoms with Gasteiger partial charge in [-0.2, -0.15) is 0 Å². The Balaban J connectivity index is 1.76. The Labute approximate surface area is 96.7 Å². The Morgan fingerprint density at radius 2 is 2.06 bits per heavy atom. The molecule has 0 spiro atoms. The number of anilines is 1. The van der Waals surface area contributed by atoms with Gasteiger partial charge >= 0.3 is 0 Å². The van der Waals surface area contributed by atoms with Gasteiger partial charge < -0.3 is 14.8 Å². The molecule has 2 unspecified atom stereocenters. The molecule has 4 heteroatoms. The molecule has 16 heavy (non-hydrogen) atoms. The number of aryl methyl sites for hydroxylation is 1. The number of nitrogens with one attached hydrogen (secondary N) is 1. The summed E-state index contributed by atoms with van der Waals surface area (Å²) in [5, 5.41) is 3.68. The summed E-state index contributed by atoms with van der Waals surface area (Å²) in [6.45, 7) is 0. The minimum absolute atomic E-state index is 0.653. The average molecular weight is 220 g/mol. The molecule has 2 bridgehead atoms. The van der Waals surface area contributed by atoms with E-state index in [-0.39, 0.29) is 0 Å². The normalized spacial score (nSPS) is 33.0. The van der Waals surface area contributed by atoms with E-state index in [1.807, 2.05) is 12.4 Å². The Bertz CT molecular complexity index is 361. The summed E-state index contributed by atoms with van der Waals surface area (Å²) in [6.07, 6.45) is 9.13. The van der Waals surface area contributed by atoms with E-state index in [2.05, 4.69) is 33.9 Å². The highest BCUT2D eigenvalue weighted by Crippen LogP contribution is 2.30. The second kappa shape index (κ2) is 3.77. The Morgan fingerprint density at radius 1 is 1.38 bits per heavy atom. The van der Waals surface area contributed by atoms with Gasteiger partial charge in [0.25, 0.3) is 0 Å². The smallest absolute Gasteiger partial charge is 0.205 e. The molecule has 1 aromatic heterocycles. The van der Waals surface area contributed by atoms with Crippen LogP contribution >= 0.6 is 0 Å². The summed E-state index contributed by atoms with van der Waals surface area (Å²) >= 11 is 0. The zero-order chi connectivity index (χ0) is 11.1. The minimum Gasteiger partial charge on any atom is -0.342 e. The van der Waals surface area contributed by atoms with Gasteiger partial charge in [0, 0.05) is 44.6 Å². The fraction of sp³-hybridized carbons (Fsp3) is 0.750. The highest BCUT2D eigenvalue weighted by Gasteiger charge is 2.35.